The zero-order valence-electron chi connectivity index (χ0n) is 4.86. The summed E-state index contributed by atoms with van der Waals surface area (Å²) in [7, 11) is 0. The first-order valence-electron chi connectivity index (χ1n) is 2.48. The van der Waals surface area contributed by atoms with Crippen molar-refractivity contribution in [1.82, 2.24) is 4.98 Å². The zero-order valence-corrected chi connectivity index (χ0v) is 6.45. The van der Waals surface area contributed by atoms with E-state index in [4.69, 9.17) is 5.21 Å². The lowest BCUT2D eigenvalue weighted by Gasteiger charge is -2.20. The predicted octanol–water partition coefficient (Wildman–Crippen LogP) is 1.54. The van der Waals surface area contributed by atoms with Crippen LogP contribution in [0, 0.1) is 5.21 Å². The summed E-state index contributed by atoms with van der Waals surface area (Å²) in [5.74, 6) is 0. The largest absolute Gasteiger partial charge is 0.733 e. The summed E-state index contributed by atoms with van der Waals surface area (Å²) in [6.45, 7) is 0. The van der Waals surface area contributed by atoms with Gasteiger partial charge in [-0.15, -0.1) is 0 Å². The molecule has 1 rings (SSSR count). The molecule has 1 heterocycles. The van der Waals surface area contributed by atoms with Crippen molar-refractivity contribution in [2.24, 2.45) is 0 Å². The number of hydrogen-bond donors (Lipinski definition) is 1. The van der Waals surface area contributed by atoms with Crippen LogP contribution in [0.25, 0.3) is 0 Å². The third kappa shape index (κ3) is 1.66. The number of anilines is 1. The van der Waals surface area contributed by atoms with Gasteiger partial charge in [-0.25, -0.2) is 4.98 Å². The molecule has 0 radical (unpaired) electrons. The van der Waals surface area contributed by atoms with Crippen LogP contribution in [-0.4, -0.2) is 10.2 Å². The molecular formula is C5H4BrN2O2-. The van der Waals surface area contributed by atoms with Crippen LogP contribution in [0.2, 0.25) is 0 Å². The molecule has 4 nitrogen and oxygen atoms in total. The Hall–Kier alpha value is -0.650. The van der Waals surface area contributed by atoms with E-state index in [9.17, 15) is 5.21 Å². The molecule has 0 aliphatic heterocycles. The van der Waals surface area contributed by atoms with Crippen molar-refractivity contribution >= 4 is 21.6 Å². The average Bonchev–Trinajstić information content (AvgIpc) is 1.88. The Kier molecular flexibility index (Phi) is 2.21. The van der Waals surface area contributed by atoms with E-state index < -0.39 is 0 Å². The van der Waals surface area contributed by atoms with Crippen molar-refractivity contribution in [2.75, 3.05) is 5.23 Å². The van der Waals surface area contributed by atoms with Crippen LogP contribution < -0.4 is 5.23 Å². The quantitative estimate of drug-likeness (QED) is 0.556. The first-order chi connectivity index (χ1) is 4.70. The Morgan fingerprint density at radius 2 is 2.30 bits per heavy atom. The van der Waals surface area contributed by atoms with Crippen LogP contribution in [0.4, 0.5) is 5.69 Å². The van der Waals surface area contributed by atoms with Gasteiger partial charge in [-0.2, -0.15) is 0 Å². The molecule has 1 aromatic rings. The normalized spacial score (nSPS) is 9.50. The van der Waals surface area contributed by atoms with Gasteiger partial charge >= 0.3 is 0 Å². The molecule has 0 fully saturated rings. The van der Waals surface area contributed by atoms with Crippen molar-refractivity contribution in [2.45, 2.75) is 0 Å². The fourth-order valence-corrected chi connectivity index (χ4v) is 0.716. The summed E-state index contributed by atoms with van der Waals surface area (Å²) < 4.78 is 0.623. The Bertz CT molecular complexity index is 211. The molecule has 0 atom stereocenters. The summed E-state index contributed by atoms with van der Waals surface area (Å²) in [5, 5.41) is 18.3. The van der Waals surface area contributed by atoms with Crippen LogP contribution in [0.15, 0.2) is 22.9 Å². The van der Waals surface area contributed by atoms with Gasteiger partial charge in [-0.1, -0.05) is 0 Å². The van der Waals surface area contributed by atoms with E-state index in [1.165, 1.54) is 12.3 Å². The molecule has 0 amide bonds. The Labute approximate surface area is 65.8 Å². The molecule has 10 heavy (non-hydrogen) atoms. The third-order valence-electron chi connectivity index (χ3n) is 0.933. The Morgan fingerprint density at radius 1 is 1.60 bits per heavy atom. The van der Waals surface area contributed by atoms with E-state index >= 15 is 0 Å². The van der Waals surface area contributed by atoms with E-state index in [1.54, 1.807) is 6.07 Å². The monoisotopic (exact) mass is 203 g/mol. The lowest BCUT2D eigenvalue weighted by molar-refractivity contribution is 0.296. The number of nitrogens with zero attached hydrogens (tertiary/aromatic N) is 2. The molecule has 1 aromatic heterocycles. The van der Waals surface area contributed by atoms with Gasteiger partial charge in [0.25, 0.3) is 0 Å². The van der Waals surface area contributed by atoms with Crippen LogP contribution in [0.3, 0.4) is 0 Å². The zero-order chi connectivity index (χ0) is 7.56. The maximum atomic E-state index is 10.2. The van der Waals surface area contributed by atoms with Gasteiger partial charge in [-0.3, -0.25) is 5.21 Å². The van der Waals surface area contributed by atoms with Crippen LogP contribution >= 0.6 is 15.9 Å². The molecule has 0 bridgehead atoms. The third-order valence-corrected chi connectivity index (χ3v) is 1.40. The van der Waals surface area contributed by atoms with Gasteiger partial charge < -0.3 is 10.4 Å². The second kappa shape index (κ2) is 2.96. The average molecular weight is 204 g/mol. The Morgan fingerprint density at radius 3 is 2.70 bits per heavy atom. The van der Waals surface area contributed by atoms with E-state index in [0.29, 0.717) is 4.60 Å². The van der Waals surface area contributed by atoms with Crippen LogP contribution in [-0.2, 0) is 0 Å². The summed E-state index contributed by atoms with van der Waals surface area (Å²) in [5.41, 5.74) is 0.114. The second-order valence-corrected chi connectivity index (χ2v) is 2.42. The minimum Gasteiger partial charge on any atom is -0.733 e. The first-order valence-corrected chi connectivity index (χ1v) is 3.27. The van der Waals surface area contributed by atoms with Crippen LogP contribution in [0.1, 0.15) is 0 Å². The number of halogens is 1. The van der Waals surface area contributed by atoms with Crippen molar-refractivity contribution in [3.63, 3.8) is 0 Å². The number of rotatable bonds is 1. The van der Waals surface area contributed by atoms with Gasteiger partial charge in [0.1, 0.15) is 4.60 Å². The summed E-state index contributed by atoms with van der Waals surface area (Å²) in [6.07, 6.45) is 1.26. The van der Waals surface area contributed by atoms with Crippen molar-refractivity contribution in [3.05, 3.63) is 28.1 Å². The lowest BCUT2D eigenvalue weighted by atomic mass is 10.4. The van der Waals surface area contributed by atoms with Crippen molar-refractivity contribution in [3.8, 4) is 0 Å². The fraction of sp³-hybridized carbons (Fsp3) is 0. The smallest absolute Gasteiger partial charge is 0.106 e. The highest BCUT2D eigenvalue weighted by Crippen LogP contribution is 2.12. The van der Waals surface area contributed by atoms with Gasteiger partial charge in [0.2, 0.25) is 0 Å². The van der Waals surface area contributed by atoms with E-state index in [1.807, 2.05) is 0 Å². The van der Waals surface area contributed by atoms with E-state index in [-0.39, 0.29) is 10.9 Å². The van der Waals surface area contributed by atoms with Gasteiger partial charge in [0.05, 0.1) is 11.9 Å². The summed E-state index contributed by atoms with van der Waals surface area (Å²) in [6, 6.07) is 3.01. The molecule has 0 saturated heterocycles. The summed E-state index contributed by atoms with van der Waals surface area (Å²) >= 11 is 3.08. The number of hydrogen-bond acceptors (Lipinski definition) is 4. The standard InChI is InChI=1S/C5H4BrN2O2/c6-5-2-1-4(3-7-5)8(9)10/h1-3,9H/q-1. The Balaban J connectivity index is 2.89. The SMILES string of the molecule is [O-]N(O)c1ccc(Br)nc1. The molecular weight excluding hydrogens is 200 g/mol. The topological polar surface area (TPSA) is 59.4 Å². The highest BCUT2D eigenvalue weighted by atomic mass is 79.9. The molecule has 0 aliphatic carbocycles. The van der Waals surface area contributed by atoms with Crippen molar-refractivity contribution in [1.29, 1.82) is 0 Å². The predicted molar refractivity (Wildman–Crippen MR) is 39.6 cm³/mol. The molecule has 0 saturated carbocycles. The molecule has 0 aliphatic rings. The minimum absolute atomic E-state index is 0.114. The minimum atomic E-state index is -0.237. The molecule has 0 aromatic carbocycles. The maximum Gasteiger partial charge on any atom is 0.106 e. The highest BCUT2D eigenvalue weighted by molar-refractivity contribution is 9.10. The van der Waals surface area contributed by atoms with Gasteiger partial charge in [-0.05, 0) is 28.1 Å². The summed E-state index contributed by atoms with van der Waals surface area (Å²) in [4.78, 5) is 3.72. The van der Waals surface area contributed by atoms with E-state index in [2.05, 4.69) is 20.9 Å². The lowest BCUT2D eigenvalue weighted by Crippen LogP contribution is -2.06. The van der Waals surface area contributed by atoms with Gasteiger partial charge in [0, 0.05) is 0 Å². The molecule has 1 N–H and O–H groups in total. The van der Waals surface area contributed by atoms with E-state index in [0.717, 1.165) is 0 Å². The first kappa shape index (κ1) is 7.46. The number of aromatic nitrogens is 1. The molecule has 0 unspecified atom stereocenters. The molecule has 0 spiro atoms. The maximum absolute atomic E-state index is 10.2. The fourth-order valence-electron chi connectivity index (χ4n) is 0.481. The van der Waals surface area contributed by atoms with Gasteiger partial charge in [0.15, 0.2) is 0 Å². The molecule has 54 valence electrons. The van der Waals surface area contributed by atoms with Crippen LogP contribution in [0.5, 0.6) is 0 Å². The highest BCUT2D eigenvalue weighted by Gasteiger charge is 1.90. The van der Waals surface area contributed by atoms with Crippen molar-refractivity contribution < 1.29 is 5.21 Å². The number of pyridine rings is 1. The molecule has 5 heteroatoms. The second-order valence-electron chi connectivity index (χ2n) is 1.61.